The first-order valence-corrected chi connectivity index (χ1v) is 10.6. The molecule has 0 radical (unpaired) electrons. The molecule has 8 nitrogen and oxygen atoms in total. The van der Waals surface area contributed by atoms with Gasteiger partial charge in [0.15, 0.2) is 17.3 Å². The van der Waals surface area contributed by atoms with Crippen LogP contribution in [0.4, 0.5) is 5.69 Å². The van der Waals surface area contributed by atoms with Crippen LogP contribution in [0, 0.1) is 11.3 Å². The Morgan fingerprint density at radius 3 is 2.75 bits per heavy atom. The molecule has 0 fully saturated rings. The summed E-state index contributed by atoms with van der Waals surface area (Å²) in [6.45, 7) is 1.09. The SMILES string of the molecule is N#C/C(=C/c1ccc2c(c1)OCO2)C(=O)Nc1ccc(-c2nnc3n2CCCCC3)cc1. The van der Waals surface area contributed by atoms with E-state index in [0.29, 0.717) is 22.7 Å². The first kappa shape index (κ1) is 19.8. The quantitative estimate of drug-likeness (QED) is 0.500. The van der Waals surface area contributed by atoms with Crippen LogP contribution in [0.5, 0.6) is 11.5 Å². The Morgan fingerprint density at radius 2 is 1.91 bits per heavy atom. The number of nitriles is 1. The number of nitrogens with zero attached hydrogens (tertiary/aromatic N) is 4. The number of nitrogens with one attached hydrogen (secondary N) is 1. The van der Waals surface area contributed by atoms with Crippen molar-refractivity contribution in [1.82, 2.24) is 14.8 Å². The van der Waals surface area contributed by atoms with Gasteiger partial charge in [0, 0.05) is 24.2 Å². The van der Waals surface area contributed by atoms with Crippen molar-refractivity contribution in [3.63, 3.8) is 0 Å². The van der Waals surface area contributed by atoms with Gasteiger partial charge in [-0.25, -0.2) is 0 Å². The first-order chi connectivity index (χ1) is 15.7. The van der Waals surface area contributed by atoms with Crippen molar-refractivity contribution in [2.75, 3.05) is 12.1 Å². The zero-order valence-corrected chi connectivity index (χ0v) is 17.4. The number of anilines is 1. The number of fused-ring (bicyclic) bond motifs is 2. The summed E-state index contributed by atoms with van der Waals surface area (Å²) in [5.74, 6) is 2.64. The fourth-order valence-electron chi connectivity index (χ4n) is 3.92. The molecule has 0 aliphatic carbocycles. The second-order valence-corrected chi connectivity index (χ2v) is 7.72. The minimum absolute atomic E-state index is 0.00396. The van der Waals surface area contributed by atoms with Crippen molar-refractivity contribution in [2.24, 2.45) is 0 Å². The van der Waals surface area contributed by atoms with Gasteiger partial charge in [-0.3, -0.25) is 4.79 Å². The van der Waals surface area contributed by atoms with Crippen LogP contribution in [0.2, 0.25) is 0 Å². The van der Waals surface area contributed by atoms with Crippen LogP contribution in [-0.4, -0.2) is 27.5 Å². The molecule has 1 amide bonds. The number of hydrogen-bond donors (Lipinski definition) is 1. The summed E-state index contributed by atoms with van der Waals surface area (Å²) in [5, 5.41) is 21.0. The summed E-state index contributed by atoms with van der Waals surface area (Å²) in [4.78, 5) is 12.6. The van der Waals surface area contributed by atoms with Gasteiger partial charge in [-0.1, -0.05) is 12.5 Å². The molecule has 0 unspecified atom stereocenters. The van der Waals surface area contributed by atoms with Crippen LogP contribution >= 0.6 is 0 Å². The number of benzene rings is 2. The Labute approximate surface area is 185 Å². The van der Waals surface area contributed by atoms with E-state index in [-0.39, 0.29) is 12.4 Å². The third-order valence-corrected chi connectivity index (χ3v) is 5.58. The molecule has 0 saturated carbocycles. The van der Waals surface area contributed by atoms with E-state index in [2.05, 4.69) is 20.1 Å². The lowest BCUT2D eigenvalue weighted by Gasteiger charge is -2.08. The van der Waals surface area contributed by atoms with Gasteiger partial charge in [-0.15, -0.1) is 10.2 Å². The second-order valence-electron chi connectivity index (χ2n) is 7.72. The van der Waals surface area contributed by atoms with E-state index < -0.39 is 5.91 Å². The van der Waals surface area contributed by atoms with E-state index in [1.54, 1.807) is 30.3 Å². The number of aryl methyl sites for hydroxylation is 1. The Hall–Kier alpha value is -4.12. The molecule has 3 aromatic rings. The molecule has 3 heterocycles. The standard InChI is InChI=1S/C24H21N5O3/c25-14-18(12-16-5-10-20-21(13-16)32-15-31-20)24(30)26-19-8-6-17(7-9-19)23-28-27-22-4-2-1-3-11-29(22)23/h5-10,12-13H,1-4,11,15H2,(H,26,30)/b18-12-. The number of amides is 1. The lowest BCUT2D eigenvalue weighted by molar-refractivity contribution is -0.112. The molecule has 0 bridgehead atoms. The third kappa shape index (κ3) is 3.93. The van der Waals surface area contributed by atoms with Gasteiger partial charge >= 0.3 is 0 Å². The van der Waals surface area contributed by atoms with Gasteiger partial charge in [0.25, 0.3) is 5.91 Å². The van der Waals surface area contributed by atoms with Crippen LogP contribution in [0.25, 0.3) is 17.5 Å². The van der Waals surface area contributed by atoms with Gasteiger partial charge in [0.05, 0.1) is 0 Å². The first-order valence-electron chi connectivity index (χ1n) is 10.6. The number of carbonyl (C=O) groups excluding carboxylic acids is 1. The Bertz CT molecular complexity index is 1240. The van der Waals surface area contributed by atoms with Crippen LogP contribution in [-0.2, 0) is 17.8 Å². The third-order valence-electron chi connectivity index (χ3n) is 5.58. The average Bonchev–Trinajstić information content (AvgIpc) is 3.38. The van der Waals surface area contributed by atoms with E-state index in [1.807, 2.05) is 18.2 Å². The van der Waals surface area contributed by atoms with Crippen molar-refractivity contribution < 1.29 is 14.3 Å². The summed E-state index contributed by atoms with van der Waals surface area (Å²) < 4.78 is 12.8. The van der Waals surface area contributed by atoms with E-state index >= 15 is 0 Å². The second kappa shape index (κ2) is 8.55. The lowest BCUT2D eigenvalue weighted by Crippen LogP contribution is -2.13. The summed E-state index contributed by atoms with van der Waals surface area (Å²) in [6.07, 6.45) is 5.95. The monoisotopic (exact) mass is 427 g/mol. The van der Waals surface area contributed by atoms with Crippen molar-refractivity contribution in [3.05, 3.63) is 59.4 Å². The summed E-state index contributed by atoms with van der Waals surface area (Å²) >= 11 is 0. The molecular formula is C24H21N5O3. The van der Waals surface area contributed by atoms with Crippen LogP contribution in [0.15, 0.2) is 48.0 Å². The van der Waals surface area contributed by atoms with Crippen LogP contribution in [0.1, 0.15) is 30.7 Å². The molecule has 2 aliphatic heterocycles. The molecule has 0 saturated heterocycles. The van der Waals surface area contributed by atoms with Crippen molar-refractivity contribution in [3.8, 4) is 29.0 Å². The largest absolute Gasteiger partial charge is 0.454 e. The van der Waals surface area contributed by atoms with E-state index in [1.165, 1.54) is 12.5 Å². The number of ether oxygens (including phenoxy) is 2. The number of hydrogen-bond acceptors (Lipinski definition) is 6. The Kier molecular flexibility index (Phi) is 5.30. The minimum Gasteiger partial charge on any atom is -0.454 e. The van der Waals surface area contributed by atoms with Gasteiger partial charge in [0.1, 0.15) is 17.5 Å². The summed E-state index contributed by atoms with van der Waals surface area (Å²) in [7, 11) is 0. The van der Waals surface area contributed by atoms with Gasteiger partial charge in [0.2, 0.25) is 6.79 Å². The van der Waals surface area contributed by atoms with Gasteiger partial charge in [-0.05, 0) is 60.9 Å². The molecule has 160 valence electrons. The summed E-state index contributed by atoms with van der Waals surface area (Å²) in [6, 6.07) is 14.7. The maximum atomic E-state index is 12.6. The maximum absolute atomic E-state index is 12.6. The molecule has 1 N–H and O–H groups in total. The van der Waals surface area contributed by atoms with E-state index in [0.717, 1.165) is 43.0 Å². The van der Waals surface area contributed by atoms with Crippen molar-refractivity contribution >= 4 is 17.7 Å². The van der Waals surface area contributed by atoms with Crippen LogP contribution in [0.3, 0.4) is 0 Å². The predicted molar refractivity (Wildman–Crippen MR) is 118 cm³/mol. The van der Waals surface area contributed by atoms with E-state index in [9.17, 15) is 10.1 Å². The lowest BCUT2D eigenvalue weighted by atomic mass is 10.1. The highest BCUT2D eigenvalue weighted by atomic mass is 16.7. The van der Waals surface area contributed by atoms with E-state index in [4.69, 9.17) is 9.47 Å². The Morgan fingerprint density at radius 1 is 1.06 bits per heavy atom. The van der Waals surface area contributed by atoms with Crippen LogP contribution < -0.4 is 14.8 Å². The summed E-state index contributed by atoms with van der Waals surface area (Å²) in [5.41, 5.74) is 2.22. The molecule has 2 aromatic carbocycles. The maximum Gasteiger partial charge on any atom is 0.266 e. The van der Waals surface area contributed by atoms with Gasteiger partial charge in [-0.2, -0.15) is 5.26 Å². The fourth-order valence-corrected chi connectivity index (χ4v) is 3.92. The molecule has 1 aromatic heterocycles. The highest BCUT2D eigenvalue weighted by molar-refractivity contribution is 6.09. The Balaban J connectivity index is 1.31. The molecular weight excluding hydrogens is 406 g/mol. The highest BCUT2D eigenvalue weighted by Gasteiger charge is 2.17. The number of rotatable bonds is 4. The fraction of sp³-hybridized carbons (Fsp3) is 0.250. The molecule has 8 heteroatoms. The normalized spacial score (nSPS) is 14.9. The average molecular weight is 427 g/mol. The molecule has 0 atom stereocenters. The minimum atomic E-state index is -0.478. The number of carbonyl (C=O) groups is 1. The van der Waals surface area contributed by atoms with Crippen molar-refractivity contribution in [2.45, 2.75) is 32.2 Å². The van der Waals surface area contributed by atoms with Crippen molar-refractivity contribution in [1.29, 1.82) is 5.26 Å². The molecule has 5 rings (SSSR count). The predicted octanol–water partition coefficient (Wildman–Crippen LogP) is 3.95. The molecule has 2 aliphatic rings. The smallest absolute Gasteiger partial charge is 0.266 e. The molecule has 32 heavy (non-hydrogen) atoms. The highest BCUT2D eigenvalue weighted by Crippen LogP contribution is 2.33. The zero-order valence-electron chi connectivity index (χ0n) is 17.4. The zero-order chi connectivity index (χ0) is 21.9. The van der Waals surface area contributed by atoms with Gasteiger partial charge < -0.3 is 19.4 Å². The topological polar surface area (TPSA) is 102 Å². The number of aromatic nitrogens is 3. The molecule has 0 spiro atoms.